The fourth-order valence-electron chi connectivity index (χ4n) is 3.06. The molecule has 1 N–H and O–H groups in total. The van der Waals surface area contributed by atoms with E-state index in [1.165, 1.54) is 21.9 Å². The molecule has 1 fully saturated rings. The zero-order valence-electron chi connectivity index (χ0n) is 16.1. The van der Waals surface area contributed by atoms with Crippen LogP contribution in [0.15, 0.2) is 41.9 Å². The van der Waals surface area contributed by atoms with Crippen molar-refractivity contribution >= 4 is 44.0 Å². The van der Waals surface area contributed by atoms with Gasteiger partial charge in [-0.05, 0) is 12.5 Å². The second-order valence-electron chi connectivity index (χ2n) is 6.78. The van der Waals surface area contributed by atoms with Crippen LogP contribution in [0.5, 0.6) is 0 Å². The molecule has 0 atom stereocenters. The van der Waals surface area contributed by atoms with E-state index in [4.69, 9.17) is 11.6 Å². The van der Waals surface area contributed by atoms with E-state index in [1.807, 2.05) is 28.5 Å². The third kappa shape index (κ3) is 5.79. The molecule has 1 saturated heterocycles. The molecule has 7 nitrogen and oxygen atoms in total. The predicted molar refractivity (Wildman–Crippen MR) is 118 cm³/mol. The van der Waals surface area contributed by atoms with E-state index in [9.17, 15) is 13.2 Å². The number of aromatic nitrogens is 1. The molecule has 0 bridgehead atoms. The van der Waals surface area contributed by atoms with Crippen molar-refractivity contribution < 1.29 is 13.2 Å². The molecule has 1 aromatic carbocycles. The van der Waals surface area contributed by atoms with E-state index in [2.05, 4.69) is 16.9 Å². The summed E-state index contributed by atoms with van der Waals surface area (Å²) in [5.74, 6) is -0.138. The first kappa shape index (κ1) is 21.8. The summed E-state index contributed by atoms with van der Waals surface area (Å²) in [7, 11) is -3.16. The highest BCUT2D eigenvalue weighted by molar-refractivity contribution is 7.88. The fraction of sp³-hybridized carbons (Fsp3) is 0.368. The Bertz CT molecular complexity index is 998. The molecule has 1 aromatic heterocycles. The lowest BCUT2D eigenvalue weighted by atomic mass is 10.2. The summed E-state index contributed by atoms with van der Waals surface area (Å²) in [4.78, 5) is 18.8. The molecule has 29 heavy (non-hydrogen) atoms. The van der Waals surface area contributed by atoms with Crippen LogP contribution in [-0.2, 0) is 14.8 Å². The van der Waals surface area contributed by atoms with Crippen molar-refractivity contribution in [2.75, 3.05) is 37.8 Å². The summed E-state index contributed by atoms with van der Waals surface area (Å²) >= 11 is 7.54. The summed E-state index contributed by atoms with van der Waals surface area (Å²) in [6, 6.07) is 7.43. The number of halogens is 1. The molecule has 0 aliphatic carbocycles. The first-order valence-electron chi connectivity index (χ1n) is 9.12. The van der Waals surface area contributed by atoms with E-state index in [1.54, 1.807) is 6.07 Å². The maximum Gasteiger partial charge on any atom is 0.226 e. The predicted octanol–water partition coefficient (Wildman–Crippen LogP) is 3.27. The van der Waals surface area contributed by atoms with Crippen molar-refractivity contribution in [3.8, 4) is 11.3 Å². The van der Waals surface area contributed by atoms with E-state index >= 15 is 0 Å². The highest BCUT2D eigenvalue weighted by atomic mass is 35.5. The number of rotatable bonds is 7. The van der Waals surface area contributed by atoms with Crippen LogP contribution >= 0.6 is 22.9 Å². The monoisotopic (exact) mass is 454 g/mol. The first-order valence-corrected chi connectivity index (χ1v) is 12.2. The molecule has 3 rings (SSSR count). The van der Waals surface area contributed by atoms with Crippen LogP contribution in [0.4, 0.5) is 5.13 Å². The van der Waals surface area contributed by atoms with Gasteiger partial charge in [0.05, 0.1) is 11.9 Å². The largest absolute Gasteiger partial charge is 0.373 e. The molecule has 0 radical (unpaired) electrons. The first-order chi connectivity index (χ1) is 13.7. The van der Waals surface area contributed by atoms with Gasteiger partial charge in [0.1, 0.15) is 0 Å². The number of piperazine rings is 1. The molecule has 0 unspecified atom stereocenters. The summed E-state index contributed by atoms with van der Waals surface area (Å²) in [5, 5.41) is 5.81. The van der Waals surface area contributed by atoms with Crippen molar-refractivity contribution in [1.82, 2.24) is 14.2 Å². The second-order valence-corrected chi connectivity index (χ2v) is 10.0. The van der Waals surface area contributed by atoms with Crippen molar-refractivity contribution in [1.29, 1.82) is 0 Å². The Labute approximate surface area is 180 Å². The minimum absolute atomic E-state index is 0.138. The minimum Gasteiger partial charge on any atom is -0.373 e. The number of allylic oxidation sites excluding steroid dienone is 1. The SMILES string of the molecule is C=C(CCC(=O)Nc1nc(-c2ccccc2Cl)cs1)N1CCN(S(C)(=O)=O)CC1. The lowest BCUT2D eigenvalue weighted by molar-refractivity contribution is -0.116. The average Bonchev–Trinajstić information content (AvgIpc) is 3.14. The van der Waals surface area contributed by atoms with Crippen molar-refractivity contribution in [3.05, 3.63) is 46.9 Å². The minimum atomic E-state index is -3.16. The molecule has 156 valence electrons. The van der Waals surface area contributed by atoms with Gasteiger partial charge >= 0.3 is 0 Å². The average molecular weight is 455 g/mol. The van der Waals surface area contributed by atoms with Gasteiger partial charge in [-0.1, -0.05) is 36.4 Å². The number of carbonyl (C=O) groups is 1. The standard InChI is InChI=1S/C19H23ClN4O3S2/c1-14(23-9-11-24(12-10-23)29(2,26)27)7-8-18(25)22-19-21-17(13-28-19)15-5-3-4-6-16(15)20/h3-6,13H,1,7-12H2,2H3,(H,21,22,25). The molecule has 1 aliphatic heterocycles. The fourth-order valence-corrected chi connectivity index (χ4v) is 4.84. The van der Waals surface area contributed by atoms with Crippen LogP contribution < -0.4 is 5.32 Å². The van der Waals surface area contributed by atoms with Crippen LogP contribution in [0.3, 0.4) is 0 Å². The Morgan fingerprint density at radius 3 is 2.59 bits per heavy atom. The summed E-state index contributed by atoms with van der Waals surface area (Å²) in [6.45, 7) is 6.09. The topological polar surface area (TPSA) is 82.6 Å². The second kappa shape index (κ2) is 9.25. The van der Waals surface area contributed by atoms with Gasteiger partial charge in [0, 0.05) is 54.3 Å². The normalized spacial score (nSPS) is 15.3. The van der Waals surface area contributed by atoms with Crippen LogP contribution in [0.1, 0.15) is 12.8 Å². The summed E-state index contributed by atoms with van der Waals surface area (Å²) in [5.41, 5.74) is 2.39. The summed E-state index contributed by atoms with van der Waals surface area (Å²) < 4.78 is 24.6. The molecular weight excluding hydrogens is 432 g/mol. The smallest absolute Gasteiger partial charge is 0.226 e. The number of sulfonamides is 1. The number of nitrogens with one attached hydrogen (secondary N) is 1. The maximum atomic E-state index is 12.3. The van der Waals surface area contributed by atoms with Crippen LogP contribution in [0.25, 0.3) is 11.3 Å². The lowest BCUT2D eigenvalue weighted by Gasteiger charge is -2.35. The van der Waals surface area contributed by atoms with E-state index < -0.39 is 10.0 Å². The van der Waals surface area contributed by atoms with E-state index in [0.717, 1.165) is 17.0 Å². The van der Waals surface area contributed by atoms with Crippen LogP contribution in [0, 0.1) is 0 Å². The zero-order chi connectivity index (χ0) is 21.0. The van der Waals surface area contributed by atoms with Gasteiger partial charge in [0.25, 0.3) is 0 Å². The van der Waals surface area contributed by atoms with Gasteiger partial charge in [-0.2, -0.15) is 4.31 Å². The molecule has 10 heteroatoms. The number of hydrogen-bond donors (Lipinski definition) is 1. The third-order valence-corrected chi connectivity index (χ3v) is 7.09. The van der Waals surface area contributed by atoms with Crippen molar-refractivity contribution in [2.24, 2.45) is 0 Å². The van der Waals surface area contributed by atoms with Gasteiger partial charge in [-0.25, -0.2) is 13.4 Å². The quantitative estimate of drug-likeness (QED) is 0.694. The van der Waals surface area contributed by atoms with Gasteiger partial charge in [-0.3, -0.25) is 4.79 Å². The number of amides is 1. The Morgan fingerprint density at radius 1 is 1.24 bits per heavy atom. The molecule has 0 spiro atoms. The number of anilines is 1. The van der Waals surface area contributed by atoms with Gasteiger partial charge < -0.3 is 10.2 Å². The maximum absolute atomic E-state index is 12.3. The van der Waals surface area contributed by atoms with Crippen LogP contribution in [0.2, 0.25) is 5.02 Å². The van der Waals surface area contributed by atoms with Gasteiger partial charge in [0.15, 0.2) is 5.13 Å². The Balaban J connectivity index is 1.47. The highest BCUT2D eigenvalue weighted by Crippen LogP contribution is 2.30. The van der Waals surface area contributed by atoms with E-state index in [0.29, 0.717) is 42.8 Å². The number of thiazole rings is 1. The molecule has 1 amide bonds. The lowest BCUT2D eigenvalue weighted by Crippen LogP contribution is -2.47. The number of benzene rings is 1. The number of hydrogen-bond acceptors (Lipinski definition) is 6. The van der Waals surface area contributed by atoms with E-state index in [-0.39, 0.29) is 12.3 Å². The highest BCUT2D eigenvalue weighted by Gasteiger charge is 2.24. The molecule has 1 aliphatic rings. The van der Waals surface area contributed by atoms with Gasteiger partial charge in [0.2, 0.25) is 15.9 Å². The molecule has 2 aromatic rings. The number of nitrogens with zero attached hydrogens (tertiary/aromatic N) is 3. The van der Waals surface area contributed by atoms with Crippen LogP contribution in [-0.4, -0.2) is 60.9 Å². The number of carbonyl (C=O) groups excluding carboxylic acids is 1. The van der Waals surface area contributed by atoms with Crippen molar-refractivity contribution in [3.63, 3.8) is 0 Å². The molecule has 2 heterocycles. The van der Waals surface area contributed by atoms with Crippen molar-refractivity contribution in [2.45, 2.75) is 12.8 Å². The Hall–Kier alpha value is -1.94. The zero-order valence-corrected chi connectivity index (χ0v) is 18.5. The molecular formula is C19H23ClN4O3S2. The summed E-state index contributed by atoms with van der Waals surface area (Å²) in [6.07, 6.45) is 2.01. The molecule has 0 saturated carbocycles. The Morgan fingerprint density at radius 2 is 1.93 bits per heavy atom. The van der Waals surface area contributed by atoms with Gasteiger partial charge in [-0.15, -0.1) is 11.3 Å². The Kier molecular flexibility index (Phi) is 6.94. The third-order valence-electron chi connectivity index (χ3n) is 4.70.